The number of carbonyl (C=O) groups excluding carboxylic acids is 2. The van der Waals surface area contributed by atoms with E-state index in [-0.39, 0.29) is 22.9 Å². The molecular weight excluding hydrogens is 332 g/mol. The number of hydrogen-bond acceptors (Lipinski definition) is 5. The maximum Gasteiger partial charge on any atom is 0.410 e. The minimum absolute atomic E-state index is 0.0252. The second-order valence-electron chi connectivity index (χ2n) is 6.83. The monoisotopic (exact) mass is 354 g/mol. The number of amides is 2. The summed E-state index contributed by atoms with van der Waals surface area (Å²) in [7, 11) is 0. The maximum atomic E-state index is 12.2. The van der Waals surface area contributed by atoms with E-state index in [0.717, 1.165) is 12.8 Å². The second-order valence-corrected chi connectivity index (χ2v) is 7.21. The molecule has 2 heterocycles. The minimum atomic E-state index is -0.582. The van der Waals surface area contributed by atoms with Gasteiger partial charge in [-0.15, -0.1) is 0 Å². The van der Waals surface area contributed by atoms with Gasteiger partial charge in [-0.3, -0.25) is 4.79 Å². The summed E-state index contributed by atoms with van der Waals surface area (Å²) in [6, 6.07) is 1.54. The molecule has 2 rings (SSSR count). The summed E-state index contributed by atoms with van der Waals surface area (Å²) in [5, 5.41) is 3.51. The van der Waals surface area contributed by atoms with Gasteiger partial charge in [0.1, 0.15) is 10.8 Å². The van der Waals surface area contributed by atoms with Crippen LogP contribution < -0.4 is 11.1 Å². The summed E-state index contributed by atoms with van der Waals surface area (Å²) in [5.74, 6) is -0.582. The topological polar surface area (TPSA) is 97.6 Å². The lowest BCUT2D eigenvalue weighted by Crippen LogP contribution is -2.47. The maximum absolute atomic E-state index is 12.2. The van der Waals surface area contributed by atoms with Gasteiger partial charge in [-0.25, -0.2) is 9.78 Å². The molecule has 132 valence electrons. The summed E-state index contributed by atoms with van der Waals surface area (Å²) in [6.07, 6.45) is 2.71. The van der Waals surface area contributed by atoms with E-state index in [4.69, 9.17) is 22.1 Å². The van der Waals surface area contributed by atoms with Crippen molar-refractivity contribution < 1.29 is 14.3 Å². The summed E-state index contributed by atoms with van der Waals surface area (Å²) in [6.45, 7) is 6.63. The van der Waals surface area contributed by atoms with E-state index in [1.807, 2.05) is 20.8 Å². The first-order chi connectivity index (χ1) is 11.2. The summed E-state index contributed by atoms with van der Waals surface area (Å²) < 4.78 is 5.41. The molecule has 7 nitrogen and oxygen atoms in total. The molecule has 0 saturated carbocycles. The highest BCUT2D eigenvalue weighted by molar-refractivity contribution is 6.29. The number of piperidine rings is 1. The second kappa shape index (κ2) is 7.25. The van der Waals surface area contributed by atoms with Crippen molar-refractivity contribution in [3.8, 4) is 0 Å². The van der Waals surface area contributed by atoms with Gasteiger partial charge in [0.25, 0.3) is 5.91 Å². The lowest BCUT2D eigenvalue weighted by molar-refractivity contribution is 0.0206. The molecule has 0 aromatic carbocycles. The van der Waals surface area contributed by atoms with E-state index in [1.165, 1.54) is 6.20 Å². The number of primary amides is 1. The molecule has 2 amide bonds. The van der Waals surface area contributed by atoms with E-state index < -0.39 is 11.5 Å². The number of carbonyl (C=O) groups is 2. The third-order valence-electron chi connectivity index (χ3n) is 3.57. The number of pyridine rings is 1. The molecular formula is C16H23ClN4O3. The molecule has 24 heavy (non-hydrogen) atoms. The molecule has 1 aliphatic rings. The Balaban J connectivity index is 2.07. The van der Waals surface area contributed by atoms with Crippen LogP contribution in [0.4, 0.5) is 10.5 Å². The molecule has 1 fully saturated rings. The molecule has 3 N–H and O–H groups in total. The SMILES string of the molecule is CC(C)(C)OC(=O)N1CCC[C@@H](Nc2cc(Cl)ncc2C(N)=O)C1. The molecule has 1 saturated heterocycles. The van der Waals surface area contributed by atoms with Crippen LogP contribution >= 0.6 is 11.6 Å². The number of anilines is 1. The first-order valence-corrected chi connectivity index (χ1v) is 8.23. The van der Waals surface area contributed by atoms with Gasteiger partial charge in [-0.1, -0.05) is 11.6 Å². The fourth-order valence-electron chi connectivity index (χ4n) is 2.55. The Bertz CT molecular complexity index is 630. The van der Waals surface area contributed by atoms with E-state index >= 15 is 0 Å². The van der Waals surface area contributed by atoms with E-state index in [9.17, 15) is 9.59 Å². The van der Waals surface area contributed by atoms with Crippen molar-refractivity contribution in [1.29, 1.82) is 0 Å². The molecule has 0 spiro atoms. The number of halogens is 1. The molecule has 0 radical (unpaired) electrons. The Hall–Kier alpha value is -2.02. The number of nitrogens with one attached hydrogen (secondary N) is 1. The average Bonchev–Trinajstić information content (AvgIpc) is 2.45. The Labute approximate surface area is 146 Å². The fourth-order valence-corrected chi connectivity index (χ4v) is 2.71. The highest BCUT2D eigenvalue weighted by atomic mass is 35.5. The summed E-state index contributed by atoms with van der Waals surface area (Å²) in [5.41, 5.74) is 5.63. The van der Waals surface area contributed by atoms with Crippen LogP contribution in [0.15, 0.2) is 12.3 Å². The van der Waals surface area contributed by atoms with Crippen LogP contribution in [0, 0.1) is 0 Å². The van der Waals surface area contributed by atoms with Crippen LogP contribution in [0.1, 0.15) is 44.0 Å². The van der Waals surface area contributed by atoms with Crippen LogP contribution in [0.25, 0.3) is 0 Å². The molecule has 0 aliphatic carbocycles. The summed E-state index contributed by atoms with van der Waals surface area (Å²) in [4.78, 5) is 29.3. The van der Waals surface area contributed by atoms with Gasteiger partial charge in [0.2, 0.25) is 0 Å². The van der Waals surface area contributed by atoms with Crippen molar-refractivity contribution in [3.63, 3.8) is 0 Å². The largest absolute Gasteiger partial charge is 0.444 e. The molecule has 8 heteroatoms. The van der Waals surface area contributed by atoms with Gasteiger partial charge < -0.3 is 20.7 Å². The van der Waals surface area contributed by atoms with E-state index in [0.29, 0.717) is 18.8 Å². The summed E-state index contributed by atoms with van der Waals surface area (Å²) >= 11 is 5.90. The number of likely N-dealkylation sites (tertiary alicyclic amines) is 1. The standard InChI is InChI=1S/C16H23ClN4O3/c1-16(2,3)24-15(23)21-6-4-5-10(9-21)20-12-7-13(17)19-8-11(12)14(18)22/h7-8,10H,4-6,9H2,1-3H3,(H2,18,22)(H,19,20)/t10-/m1/s1. The predicted octanol–water partition coefficient (Wildman–Crippen LogP) is 2.65. The van der Waals surface area contributed by atoms with Crippen molar-refractivity contribution in [1.82, 2.24) is 9.88 Å². The smallest absolute Gasteiger partial charge is 0.410 e. The van der Waals surface area contributed by atoms with Gasteiger partial charge in [-0.2, -0.15) is 0 Å². The molecule has 1 atom stereocenters. The number of ether oxygens (including phenoxy) is 1. The lowest BCUT2D eigenvalue weighted by Gasteiger charge is -2.35. The average molecular weight is 355 g/mol. The first kappa shape index (κ1) is 18.3. The third kappa shape index (κ3) is 4.99. The third-order valence-corrected chi connectivity index (χ3v) is 3.78. The Morgan fingerprint density at radius 1 is 1.46 bits per heavy atom. The van der Waals surface area contributed by atoms with Gasteiger partial charge in [0.15, 0.2) is 0 Å². The number of hydrogen-bond donors (Lipinski definition) is 2. The number of rotatable bonds is 3. The van der Waals surface area contributed by atoms with Crippen molar-refractivity contribution in [2.75, 3.05) is 18.4 Å². The van der Waals surface area contributed by atoms with Crippen LogP contribution in [0.2, 0.25) is 5.15 Å². The molecule has 0 bridgehead atoms. The lowest BCUT2D eigenvalue weighted by atomic mass is 10.1. The quantitative estimate of drug-likeness (QED) is 0.813. The van der Waals surface area contributed by atoms with E-state index in [1.54, 1.807) is 11.0 Å². The predicted molar refractivity (Wildman–Crippen MR) is 92.2 cm³/mol. The molecule has 1 aliphatic heterocycles. The van der Waals surface area contributed by atoms with Crippen molar-refractivity contribution in [2.45, 2.75) is 45.3 Å². The van der Waals surface area contributed by atoms with Gasteiger partial charge in [-0.05, 0) is 39.7 Å². The Kier molecular flexibility index (Phi) is 5.54. The zero-order valence-electron chi connectivity index (χ0n) is 14.1. The zero-order valence-corrected chi connectivity index (χ0v) is 14.9. The van der Waals surface area contributed by atoms with Crippen LogP contribution in [0.3, 0.4) is 0 Å². The molecule has 1 aromatic heterocycles. The van der Waals surface area contributed by atoms with Crippen molar-refractivity contribution in [2.24, 2.45) is 5.73 Å². The van der Waals surface area contributed by atoms with Gasteiger partial charge >= 0.3 is 6.09 Å². The molecule has 1 aromatic rings. The first-order valence-electron chi connectivity index (χ1n) is 7.85. The van der Waals surface area contributed by atoms with E-state index in [2.05, 4.69) is 10.3 Å². The number of aromatic nitrogens is 1. The Morgan fingerprint density at radius 3 is 2.79 bits per heavy atom. The van der Waals surface area contributed by atoms with Crippen LogP contribution in [-0.4, -0.2) is 46.6 Å². The zero-order chi connectivity index (χ0) is 17.9. The van der Waals surface area contributed by atoms with Crippen LogP contribution in [0.5, 0.6) is 0 Å². The van der Waals surface area contributed by atoms with Crippen LogP contribution in [-0.2, 0) is 4.74 Å². The fraction of sp³-hybridized carbons (Fsp3) is 0.562. The van der Waals surface area contributed by atoms with Crippen molar-refractivity contribution >= 4 is 29.3 Å². The van der Waals surface area contributed by atoms with Gasteiger partial charge in [0, 0.05) is 25.3 Å². The highest BCUT2D eigenvalue weighted by Crippen LogP contribution is 2.23. The number of nitrogens with zero attached hydrogens (tertiary/aromatic N) is 2. The minimum Gasteiger partial charge on any atom is -0.444 e. The van der Waals surface area contributed by atoms with Gasteiger partial charge in [0.05, 0.1) is 11.3 Å². The Morgan fingerprint density at radius 2 is 2.17 bits per heavy atom. The van der Waals surface area contributed by atoms with Crippen molar-refractivity contribution in [3.05, 3.63) is 23.0 Å². The molecule has 0 unspecified atom stereocenters. The number of nitrogens with two attached hydrogens (primary N) is 1. The normalized spacial score (nSPS) is 18.2. The highest BCUT2D eigenvalue weighted by Gasteiger charge is 2.28.